The summed E-state index contributed by atoms with van der Waals surface area (Å²) in [5.74, 6) is 1.01. The molecule has 3 aromatic rings. The maximum Gasteiger partial charge on any atom is 0.207 e. The molecule has 0 fully saturated rings. The molecule has 0 amide bonds. The number of aromatic nitrogens is 6. The molecule has 80 valence electrons. The maximum atomic E-state index is 5.79. The van der Waals surface area contributed by atoms with Gasteiger partial charge in [-0.25, -0.2) is 9.38 Å². The average Bonchev–Trinajstić information content (AvgIpc) is 2.84. The highest BCUT2D eigenvalue weighted by molar-refractivity contribution is 5.60. The molecule has 0 aliphatic carbocycles. The molecule has 0 saturated carbocycles. The van der Waals surface area contributed by atoms with Gasteiger partial charge in [-0.05, 0) is 0 Å². The third-order valence-corrected chi connectivity index (χ3v) is 2.31. The topological polar surface area (TPSA) is 86.9 Å². The van der Waals surface area contributed by atoms with Gasteiger partial charge in [0, 0.05) is 25.5 Å². The molecule has 0 atom stereocenters. The Morgan fingerprint density at radius 2 is 2.19 bits per heavy atom. The Kier molecular flexibility index (Phi) is 1.67. The van der Waals surface area contributed by atoms with E-state index in [4.69, 9.17) is 5.73 Å². The number of anilines is 1. The van der Waals surface area contributed by atoms with Crippen molar-refractivity contribution in [1.82, 2.24) is 29.4 Å². The lowest BCUT2D eigenvalue weighted by molar-refractivity contribution is 0.768. The van der Waals surface area contributed by atoms with Gasteiger partial charge in [-0.2, -0.15) is 5.10 Å². The zero-order valence-corrected chi connectivity index (χ0v) is 8.57. The van der Waals surface area contributed by atoms with Crippen LogP contribution in [0.2, 0.25) is 0 Å². The third kappa shape index (κ3) is 1.14. The van der Waals surface area contributed by atoms with Gasteiger partial charge in [-0.15, -0.1) is 10.2 Å². The summed E-state index contributed by atoms with van der Waals surface area (Å²) in [4.78, 5) is 4.01. The summed E-state index contributed by atoms with van der Waals surface area (Å²) in [5.41, 5.74) is 7.32. The van der Waals surface area contributed by atoms with Crippen molar-refractivity contribution in [3.8, 4) is 11.4 Å². The van der Waals surface area contributed by atoms with E-state index in [0.29, 0.717) is 17.4 Å². The van der Waals surface area contributed by atoms with Crippen molar-refractivity contribution in [3.05, 3.63) is 24.7 Å². The number of nitrogen functional groups attached to an aromatic ring is 1. The molecule has 2 N–H and O–H groups in total. The van der Waals surface area contributed by atoms with Gasteiger partial charge in [-0.3, -0.25) is 4.68 Å². The first kappa shape index (κ1) is 8.84. The van der Waals surface area contributed by atoms with E-state index in [1.807, 2.05) is 13.2 Å². The lowest BCUT2D eigenvalue weighted by Crippen LogP contribution is -2.00. The minimum atomic E-state index is 0.362. The van der Waals surface area contributed by atoms with Crippen molar-refractivity contribution in [3.63, 3.8) is 0 Å². The Bertz CT molecular complexity index is 651. The van der Waals surface area contributed by atoms with E-state index >= 15 is 0 Å². The van der Waals surface area contributed by atoms with Crippen LogP contribution in [-0.4, -0.2) is 29.4 Å². The molecule has 0 spiro atoms. The van der Waals surface area contributed by atoms with Gasteiger partial charge in [0.05, 0.1) is 11.8 Å². The van der Waals surface area contributed by atoms with Crippen LogP contribution < -0.4 is 5.73 Å². The van der Waals surface area contributed by atoms with E-state index in [-0.39, 0.29) is 0 Å². The number of hydrogen-bond acceptors (Lipinski definition) is 5. The normalized spacial score (nSPS) is 11.1. The minimum absolute atomic E-state index is 0.362. The van der Waals surface area contributed by atoms with E-state index in [9.17, 15) is 0 Å². The SMILES string of the molecule is Cn1cc(-c2nnc3ccnc(N)n23)cn1. The van der Waals surface area contributed by atoms with Crippen LogP contribution in [0, 0.1) is 0 Å². The van der Waals surface area contributed by atoms with E-state index in [1.165, 1.54) is 0 Å². The van der Waals surface area contributed by atoms with E-state index in [1.54, 1.807) is 27.5 Å². The van der Waals surface area contributed by atoms with Gasteiger partial charge in [0.1, 0.15) is 0 Å². The van der Waals surface area contributed by atoms with E-state index < -0.39 is 0 Å². The van der Waals surface area contributed by atoms with E-state index in [2.05, 4.69) is 20.3 Å². The third-order valence-electron chi connectivity index (χ3n) is 2.31. The summed E-state index contributed by atoms with van der Waals surface area (Å²) in [6.45, 7) is 0. The van der Waals surface area contributed by atoms with Crippen LogP contribution in [0.25, 0.3) is 17.0 Å². The molecule has 0 aromatic carbocycles. The van der Waals surface area contributed by atoms with Gasteiger partial charge in [0.2, 0.25) is 5.95 Å². The monoisotopic (exact) mass is 215 g/mol. The molecule has 0 radical (unpaired) electrons. The Hall–Kier alpha value is -2.44. The number of aryl methyl sites for hydroxylation is 1. The lowest BCUT2D eigenvalue weighted by atomic mass is 10.3. The van der Waals surface area contributed by atoms with E-state index in [0.717, 1.165) is 5.56 Å². The zero-order chi connectivity index (χ0) is 11.1. The molecule has 3 aromatic heterocycles. The van der Waals surface area contributed by atoms with Crippen molar-refractivity contribution in [2.75, 3.05) is 5.73 Å². The van der Waals surface area contributed by atoms with Crippen LogP contribution in [-0.2, 0) is 7.05 Å². The largest absolute Gasteiger partial charge is 0.369 e. The number of nitrogens with two attached hydrogens (primary N) is 1. The van der Waals surface area contributed by atoms with Gasteiger partial charge < -0.3 is 5.73 Å². The predicted octanol–water partition coefficient (Wildman–Crippen LogP) is 0.107. The molecule has 0 saturated heterocycles. The van der Waals surface area contributed by atoms with Crippen molar-refractivity contribution in [2.24, 2.45) is 7.05 Å². The summed E-state index contributed by atoms with van der Waals surface area (Å²) in [6.07, 6.45) is 5.16. The molecule has 7 nitrogen and oxygen atoms in total. The van der Waals surface area contributed by atoms with Crippen molar-refractivity contribution in [2.45, 2.75) is 0 Å². The predicted molar refractivity (Wildman–Crippen MR) is 57.4 cm³/mol. The highest BCUT2D eigenvalue weighted by Crippen LogP contribution is 2.18. The fraction of sp³-hybridized carbons (Fsp3) is 0.111. The second-order valence-electron chi connectivity index (χ2n) is 3.42. The first-order valence-electron chi connectivity index (χ1n) is 4.70. The summed E-state index contributed by atoms with van der Waals surface area (Å²) < 4.78 is 3.39. The number of nitrogens with zero attached hydrogens (tertiary/aromatic N) is 6. The molecular weight excluding hydrogens is 206 g/mol. The summed E-state index contributed by atoms with van der Waals surface area (Å²) in [5, 5.41) is 12.2. The van der Waals surface area contributed by atoms with Crippen LogP contribution in [0.1, 0.15) is 0 Å². The first-order chi connectivity index (χ1) is 7.75. The van der Waals surface area contributed by atoms with Crippen LogP contribution in [0.15, 0.2) is 24.7 Å². The molecule has 0 aliphatic rings. The molecule has 7 heteroatoms. The number of fused-ring (bicyclic) bond motifs is 1. The number of hydrogen-bond donors (Lipinski definition) is 1. The highest BCUT2D eigenvalue weighted by atomic mass is 15.3. The Morgan fingerprint density at radius 3 is 2.94 bits per heavy atom. The van der Waals surface area contributed by atoms with Crippen molar-refractivity contribution in [1.29, 1.82) is 0 Å². The van der Waals surface area contributed by atoms with Crippen LogP contribution in [0.5, 0.6) is 0 Å². The second kappa shape index (κ2) is 3.02. The Labute approximate surface area is 90.5 Å². The van der Waals surface area contributed by atoms with Gasteiger partial charge >= 0.3 is 0 Å². The van der Waals surface area contributed by atoms with Gasteiger partial charge in [0.25, 0.3) is 0 Å². The fourth-order valence-corrected chi connectivity index (χ4v) is 1.59. The molecule has 0 bridgehead atoms. The Morgan fingerprint density at radius 1 is 1.31 bits per heavy atom. The molecule has 16 heavy (non-hydrogen) atoms. The number of rotatable bonds is 1. The zero-order valence-electron chi connectivity index (χ0n) is 8.57. The average molecular weight is 215 g/mol. The quantitative estimate of drug-likeness (QED) is 0.622. The van der Waals surface area contributed by atoms with Crippen LogP contribution in [0.3, 0.4) is 0 Å². The van der Waals surface area contributed by atoms with Gasteiger partial charge in [0.15, 0.2) is 11.5 Å². The fourth-order valence-electron chi connectivity index (χ4n) is 1.59. The molecule has 3 rings (SSSR count). The van der Waals surface area contributed by atoms with Crippen LogP contribution >= 0.6 is 0 Å². The van der Waals surface area contributed by atoms with Gasteiger partial charge in [-0.1, -0.05) is 0 Å². The highest BCUT2D eigenvalue weighted by Gasteiger charge is 2.11. The summed E-state index contributed by atoms with van der Waals surface area (Å²) in [7, 11) is 1.84. The minimum Gasteiger partial charge on any atom is -0.369 e. The van der Waals surface area contributed by atoms with Crippen molar-refractivity contribution < 1.29 is 0 Å². The van der Waals surface area contributed by atoms with Crippen molar-refractivity contribution >= 4 is 11.6 Å². The lowest BCUT2D eigenvalue weighted by Gasteiger charge is -1.99. The molecule has 0 unspecified atom stereocenters. The smallest absolute Gasteiger partial charge is 0.207 e. The molecule has 0 aliphatic heterocycles. The summed E-state index contributed by atoms with van der Waals surface area (Å²) >= 11 is 0. The first-order valence-corrected chi connectivity index (χ1v) is 4.70. The molecular formula is C9H9N7. The molecule has 3 heterocycles. The van der Waals surface area contributed by atoms with Crippen LogP contribution in [0.4, 0.5) is 5.95 Å². The standard InChI is InChI=1S/C9H9N7/c1-15-5-6(4-12-15)8-14-13-7-2-3-11-9(10)16(7)8/h2-5H,1H3,(H2,10,11). The summed E-state index contributed by atoms with van der Waals surface area (Å²) in [6, 6.07) is 1.75. The maximum absolute atomic E-state index is 5.79. The Balaban J connectivity index is 2.32. The second-order valence-corrected chi connectivity index (χ2v) is 3.42.